The molecule has 4 rings (SSSR count). The highest BCUT2D eigenvalue weighted by Gasteiger charge is 2.31. The third-order valence-electron chi connectivity index (χ3n) is 4.02. The molecule has 1 amide bonds. The van der Waals surface area contributed by atoms with Crippen LogP contribution in [0.15, 0.2) is 69.3 Å². The Labute approximate surface area is 171 Å². The molecule has 0 radical (unpaired) electrons. The minimum atomic E-state index is -0.239. The summed E-state index contributed by atoms with van der Waals surface area (Å²) >= 11 is 11.1. The molecule has 2 aromatic heterocycles. The van der Waals surface area contributed by atoms with Crippen LogP contribution in [-0.2, 0) is 17.9 Å². The summed E-state index contributed by atoms with van der Waals surface area (Å²) in [5.41, 5.74) is 0.344. The second-order valence-electron chi connectivity index (χ2n) is 6.01. The summed E-state index contributed by atoms with van der Waals surface area (Å²) in [7, 11) is 0. The maximum absolute atomic E-state index is 12.6. The van der Waals surface area contributed by atoms with Gasteiger partial charge in [-0.15, -0.1) is 0 Å². The van der Waals surface area contributed by atoms with Crippen LogP contribution >= 0.6 is 23.8 Å². The number of hydrogen-bond acceptors (Lipinski definition) is 5. The van der Waals surface area contributed by atoms with Crippen LogP contribution in [0.5, 0.6) is 5.75 Å². The molecular weight excluding hydrogens is 400 g/mol. The van der Waals surface area contributed by atoms with Crippen LogP contribution in [-0.4, -0.2) is 15.9 Å². The lowest BCUT2D eigenvalue weighted by Crippen LogP contribution is -2.29. The number of nitrogens with one attached hydrogen (secondary N) is 1. The van der Waals surface area contributed by atoms with Crippen molar-refractivity contribution in [1.82, 2.24) is 10.2 Å². The van der Waals surface area contributed by atoms with E-state index < -0.39 is 0 Å². The van der Waals surface area contributed by atoms with Crippen molar-refractivity contribution < 1.29 is 18.4 Å². The first kappa shape index (κ1) is 18.3. The number of thiocarbonyl (C=S) groups is 1. The highest BCUT2D eigenvalue weighted by molar-refractivity contribution is 7.80. The maximum atomic E-state index is 12.6. The third kappa shape index (κ3) is 4.11. The summed E-state index contributed by atoms with van der Waals surface area (Å²) in [6.07, 6.45) is 3.17. The Bertz CT molecular complexity index is 1020. The predicted octanol–water partition coefficient (Wildman–Crippen LogP) is 4.36. The topological polar surface area (TPSA) is 67.8 Å². The van der Waals surface area contributed by atoms with E-state index in [1.54, 1.807) is 60.9 Å². The molecule has 1 fully saturated rings. The monoisotopic (exact) mass is 414 g/mol. The lowest BCUT2D eigenvalue weighted by Gasteiger charge is -2.11. The standard InChI is InChI=1S/C20H15ClN2O4S/c21-13-3-5-14(6-4-13)26-12-17-8-7-15(27-17)10-18-19(24)23(20(28)22-18)11-16-2-1-9-25-16/h1-10H,11-12H2,(H,22,28)/b18-10+. The number of benzene rings is 1. The Kier molecular flexibility index (Phi) is 5.18. The van der Waals surface area contributed by atoms with Crippen molar-refractivity contribution in [2.75, 3.05) is 0 Å². The van der Waals surface area contributed by atoms with E-state index in [1.807, 2.05) is 0 Å². The molecule has 0 bridgehead atoms. The molecule has 1 N–H and O–H groups in total. The average molecular weight is 415 g/mol. The smallest absolute Gasteiger partial charge is 0.277 e. The van der Waals surface area contributed by atoms with Crippen molar-refractivity contribution in [3.8, 4) is 5.75 Å². The van der Waals surface area contributed by atoms with Crippen molar-refractivity contribution in [2.45, 2.75) is 13.2 Å². The SMILES string of the molecule is O=C1/C(=C\c2ccc(COc3ccc(Cl)cc3)o2)NC(=S)N1Cc1ccco1. The first-order valence-corrected chi connectivity index (χ1v) is 9.21. The van der Waals surface area contributed by atoms with Gasteiger partial charge in [-0.25, -0.2) is 0 Å². The van der Waals surface area contributed by atoms with Gasteiger partial charge in [0.1, 0.15) is 35.3 Å². The minimum absolute atomic E-state index is 0.239. The molecule has 3 heterocycles. The summed E-state index contributed by atoms with van der Waals surface area (Å²) in [6, 6.07) is 14.2. The zero-order valence-electron chi connectivity index (χ0n) is 14.6. The largest absolute Gasteiger partial charge is 0.486 e. The van der Waals surface area contributed by atoms with Gasteiger partial charge in [0.2, 0.25) is 0 Å². The Morgan fingerprint density at radius 2 is 1.96 bits per heavy atom. The summed E-state index contributed by atoms with van der Waals surface area (Å²) in [4.78, 5) is 14.0. The number of furan rings is 2. The van der Waals surface area contributed by atoms with Crippen LogP contribution in [0, 0.1) is 0 Å². The molecule has 3 aromatic rings. The van der Waals surface area contributed by atoms with E-state index in [9.17, 15) is 4.79 Å². The highest BCUT2D eigenvalue weighted by Crippen LogP contribution is 2.20. The molecule has 0 spiro atoms. The molecule has 28 heavy (non-hydrogen) atoms. The Hall–Kier alpha value is -3.03. The number of nitrogens with zero attached hydrogens (tertiary/aromatic N) is 1. The number of hydrogen-bond donors (Lipinski definition) is 1. The summed E-state index contributed by atoms with van der Waals surface area (Å²) < 4.78 is 16.6. The van der Waals surface area contributed by atoms with Gasteiger partial charge in [0.05, 0.1) is 12.8 Å². The fourth-order valence-electron chi connectivity index (χ4n) is 2.65. The third-order valence-corrected chi connectivity index (χ3v) is 4.59. The van der Waals surface area contributed by atoms with Crippen LogP contribution in [0.1, 0.15) is 17.3 Å². The number of carbonyl (C=O) groups is 1. The molecule has 1 aliphatic heterocycles. The van der Waals surface area contributed by atoms with Crippen LogP contribution in [0.25, 0.3) is 6.08 Å². The number of rotatable bonds is 6. The van der Waals surface area contributed by atoms with Gasteiger partial charge in [-0.2, -0.15) is 0 Å². The quantitative estimate of drug-likeness (QED) is 0.477. The van der Waals surface area contributed by atoms with Crippen LogP contribution in [0.3, 0.4) is 0 Å². The van der Waals surface area contributed by atoms with Crippen molar-refractivity contribution in [2.24, 2.45) is 0 Å². The van der Waals surface area contributed by atoms with Gasteiger partial charge in [-0.05, 0) is 60.7 Å². The van der Waals surface area contributed by atoms with E-state index in [2.05, 4.69) is 5.32 Å². The molecule has 0 atom stereocenters. The first-order chi connectivity index (χ1) is 13.6. The number of carbonyl (C=O) groups excluding carboxylic acids is 1. The van der Waals surface area contributed by atoms with Crippen LogP contribution in [0.4, 0.5) is 0 Å². The van der Waals surface area contributed by atoms with E-state index in [4.69, 9.17) is 37.4 Å². The van der Waals surface area contributed by atoms with Gasteiger partial charge < -0.3 is 18.9 Å². The lowest BCUT2D eigenvalue weighted by molar-refractivity contribution is -0.122. The summed E-state index contributed by atoms with van der Waals surface area (Å²) in [6.45, 7) is 0.530. The van der Waals surface area contributed by atoms with Crippen LogP contribution < -0.4 is 10.1 Å². The Morgan fingerprint density at radius 1 is 1.14 bits per heavy atom. The minimum Gasteiger partial charge on any atom is -0.486 e. The molecule has 0 unspecified atom stereocenters. The predicted molar refractivity (Wildman–Crippen MR) is 107 cm³/mol. The molecule has 1 saturated heterocycles. The van der Waals surface area contributed by atoms with Gasteiger partial charge >= 0.3 is 0 Å². The summed E-state index contributed by atoms with van der Waals surface area (Å²) in [5, 5.41) is 3.88. The zero-order chi connectivity index (χ0) is 19.5. The van der Waals surface area contributed by atoms with E-state index in [1.165, 1.54) is 4.90 Å². The second kappa shape index (κ2) is 7.92. The molecule has 8 heteroatoms. The zero-order valence-corrected chi connectivity index (χ0v) is 16.1. The van der Waals surface area contributed by atoms with E-state index in [-0.39, 0.29) is 19.1 Å². The normalized spacial score (nSPS) is 15.3. The van der Waals surface area contributed by atoms with Gasteiger partial charge in [-0.1, -0.05) is 11.6 Å². The average Bonchev–Trinajstić information content (AvgIpc) is 3.41. The van der Waals surface area contributed by atoms with Crippen molar-refractivity contribution in [1.29, 1.82) is 0 Å². The second-order valence-corrected chi connectivity index (χ2v) is 6.83. The van der Waals surface area contributed by atoms with Gasteiger partial charge in [0.25, 0.3) is 5.91 Å². The highest BCUT2D eigenvalue weighted by atomic mass is 35.5. The summed E-state index contributed by atoms with van der Waals surface area (Å²) in [5.74, 6) is 2.25. The number of ether oxygens (including phenoxy) is 1. The molecule has 0 aliphatic carbocycles. The fraction of sp³-hybridized carbons (Fsp3) is 0.100. The first-order valence-electron chi connectivity index (χ1n) is 8.42. The molecule has 1 aromatic carbocycles. The van der Waals surface area contributed by atoms with Gasteiger partial charge in [0.15, 0.2) is 5.11 Å². The molecule has 0 saturated carbocycles. The van der Waals surface area contributed by atoms with Crippen molar-refractivity contribution >= 4 is 40.9 Å². The molecular formula is C20H15ClN2O4S. The Morgan fingerprint density at radius 3 is 2.71 bits per heavy atom. The number of amides is 1. The van der Waals surface area contributed by atoms with Crippen LogP contribution in [0.2, 0.25) is 5.02 Å². The van der Waals surface area contributed by atoms with E-state index in [0.29, 0.717) is 38.9 Å². The van der Waals surface area contributed by atoms with Gasteiger partial charge in [0, 0.05) is 11.1 Å². The lowest BCUT2D eigenvalue weighted by atomic mass is 10.3. The van der Waals surface area contributed by atoms with Gasteiger partial charge in [-0.3, -0.25) is 9.69 Å². The van der Waals surface area contributed by atoms with Crippen molar-refractivity contribution in [3.63, 3.8) is 0 Å². The number of halogens is 1. The molecule has 1 aliphatic rings. The molecule has 142 valence electrons. The maximum Gasteiger partial charge on any atom is 0.277 e. The van der Waals surface area contributed by atoms with Crippen molar-refractivity contribution in [3.05, 3.63) is 82.8 Å². The van der Waals surface area contributed by atoms with E-state index in [0.717, 1.165) is 0 Å². The molecule has 6 nitrogen and oxygen atoms in total. The Balaban J connectivity index is 1.41. The fourth-order valence-corrected chi connectivity index (χ4v) is 3.03. The van der Waals surface area contributed by atoms with E-state index >= 15 is 0 Å².